The Hall–Kier alpha value is -1.11. The summed E-state index contributed by atoms with van der Waals surface area (Å²) in [7, 11) is -3.46. The number of hydrogen-bond acceptors (Lipinski definition) is 3. The molecule has 6 heteroatoms. The molecule has 0 radical (unpaired) electrons. The van der Waals surface area contributed by atoms with E-state index in [0.29, 0.717) is 18.0 Å². The average molecular weight is 285 g/mol. The van der Waals surface area contributed by atoms with E-state index in [9.17, 15) is 8.42 Å². The first-order valence-electron chi connectivity index (χ1n) is 6.44. The Labute approximate surface area is 115 Å². The van der Waals surface area contributed by atoms with Gasteiger partial charge in [0.1, 0.15) is 0 Å². The Morgan fingerprint density at radius 1 is 1.53 bits per heavy atom. The molecular weight excluding hydrogens is 262 g/mol. The topological polar surface area (TPSA) is 65.2 Å². The van der Waals surface area contributed by atoms with Gasteiger partial charge in [0, 0.05) is 31.0 Å². The molecule has 0 aliphatic heterocycles. The zero-order chi connectivity index (χ0) is 14.5. The van der Waals surface area contributed by atoms with E-state index in [1.165, 1.54) is 4.31 Å². The van der Waals surface area contributed by atoms with Crippen LogP contribution in [0.2, 0.25) is 0 Å². The maximum absolute atomic E-state index is 12.5. The molecule has 2 N–H and O–H groups in total. The fraction of sp³-hybridized carbons (Fsp3) is 0.538. The van der Waals surface area contributed by atoms with Crippen molar-refractivity contribution in [3.8, 4) is 0 Å². The summed E-state index contributed by atoms with van der Waals surface area (Å²) in [4.78, 5) is 3.29. The molecule has 0 saturated carbocycles. The monoisotopic (exact) mass is 285 g/mol. The molecule has 0 amide bonds. The zero-order valence-electron chi connectivity index (χ0n) is 11.8. The maximum atomic E-state index is 12.5. The molecule has 0 fully saturated rings. The number of H-pyrrole nitrogens is 1. The van der Waals surface area contributed by atoms with Gasteiger partial charge in [0.2, 0.25) is 10.0 Å². The first kappa shape index (κ1) is 15.9. The van der Waals surface area contributed by atoms with E-state index in [4.69, 9.17) is 0 Å². The lowest BCUT2D eigenvalue weighted by molar-refractivity contribution is 0.383. The van der Waals surface area contributed by atoms with Crippen LogP contribution in [0.3, 0.4) is 0 Å². The van der Waals surface area contributed by atoms with E-state index in [1.54, 1.807) is 18.3 Å². The summed E-state index contributed by atoms with van der Waals surface area (Å²) in [6, 6.07) is 1.58. The number of sulfonamides is 1. The molecule has 19 heavy (non-hydrogen) atoms. The highest BCUT2D eigenvalue weighted by Gasteiger charge is 2.26. The van der Waals surface area contributed by atoms with Crippen LogP contribution in [-0.2, 0) is 16.6 Å². The van der Waals surface area contributed by atoms with Gasteiger partial charge < -0.3 is 10.3 Å². The van der Waals surface area contributed by atoms with Crippen LogP contribution in [0.4, 0.5) is 0 Å². The molecule has 1 rings (SSSR count). The summed E-state index contributed by atoms with van der Waals surface area (Å²) in [5.41, 5.74) is 0.864. The number of nitrogens with one attached hydrogen (secondary N) is 2. The quantitative estimate of drug-likeness (QED) is 0.715. The lowest BCUT2D eigenvalue weighted by atomic mass is 10.4. The van der Waals surface area contributed by atoms with Gasteiger partial charge in [-0.15, -0.1) is 6.58 Å². The van der Waals surface area contributed by atoms with Gasteiger partial charge in [-0.1, -0.05) is 13.0 Å². The fourth-order valence-corrected chi connectivity index (χ4v) is 3.41. The Balaban J connectivity index is 2.98. The van der Waals surface area contributed by atoms with E-state index in [-0.39, 0.29) is 6.04 Å². The maximum Gasteiger partial charge on any atom is 0.245 e. The van der Waals surface area contributed by atoms with Crippen molar-refractivity contribution in [2.24, 2.45) is 0 Å². The van der Waals surface area contributed by atoms with Crippen molar-refractivity contribution in [1.82, 2.24) is 14.6 Å². The molecule has 5 nitrogen and oxygen atoms in total. The number of aromatic nitrogens is 1. The second kappa shape index (κ2) is 6.88. The molecule has 1 heterocycles. The summed E-state index contributed by atoms with van der Waals surface area (Å²) in [6.45, 7) is 11.1. The van der Waals surface area contributed by atoms with Crippen LogP contribution in [-0.4, -0.2) is 36.8 Å². The van der Waals surface area contributed by atoms with Gasteiger partial charge in [0.25, 0.3) is 0 Å². The molecule has 0 aromatic carbocycles. The molecule has 0 aliphatic rings. The van der Waals surface area contributed by atoms with Gasteiger partial charge >= 0.3 is 0 Å². The minimum absolute atomic E-state index is 0.102. The van der Waals surface area contributed by atoms with Gasteiger partial charge in [0.15, 0.2) is 0 Å². The van der Waals surface area contributed by atoms with E-state index in [0.717, 1.165) is 12.2 Å². The van der Waals surface area contributed by atoms with Gasteiger partial charge in [-0.2, -0.15) is 4.31 Å². The van der Waals surface area contributed by atoms with Crippen molar-refractivity contribution in [2.75, 3.05) is 13.1 Å². The number of hydrogen-bond donors (Lipinski definition) is 2. The van der Waals surface area contributed by atoms with Gasteiger partial charge in [0.05, 0.1) is 4.90 Å². The molecular formula is C13H23N3O2S. The Morgan fingerprint density at radius 2 is 2.21 bits per heavy atom. The van der Waals surface area contributed by atoms with Gasteiger partial charge in [-0.3, -0.25) is 0 Å². The Bertz CT molecular complexity index is 506. The second-order valence-corrected chi connectivity index (χ2v) is 6.49. The van der Waals surface area contributed by atoms with E-state index in [1.807, 2.05) is 20.8 Å². The van der Waals surface area contributed by atoms with Gasteiger partial charge in [-0.25, -0.2) is 8.42 Å². The van der Waals surface area contributed by atoms with Crippen molar-refractivity contribution in [1.29, 1.82) is 0 Å². The zero-order valence-corrected chi connectivity index (χ0v) is 12.6. The van der Waals surface area contributed by atoms with Crippen LogP contribution in [0, 0.1) is 0 Å². The summed E-state index contributed by atoms with van der Waals surface area (Å²) >= 11 is 0. The van der Waals surface area contributed by atoms with Crippen LogP contribution in [0.15, 0.2) is 29.8 Å². The molecule has 0 saturated heterocycles. The molecule has 0 spiro atoms. The van der Waals surface area contributed by atoms with Crippen molar-refractivity contribution >= 4 is 10.0 Å². The largest absolute Gasteiger partial charge is 0.363 e. The molecule has 108 valence electrons. The highest BCUT2D eigenvalue weighted by atomic mass is 32.2. The summed E-state index contributed by atoms with van der Waals surface area (Å²) < 4.78 is 26.4. The van der Waals surface area contributed by atoms with Crippen LogP contribution >= 0.6 is 0 Å². The third-order valence-corrected chi connectivity index (χ3v) is 4.79. The average Bonchev–Trinajstić information content (AvgIpc) is 2.82. The highest BCUT2D eigenvalue weighted by molar-refractivity contribution is 7.89. The molecule has 0 bridgehead atoms. The standard InChI is InChI=1S/C13H23N3O2S/c1-5-7-16(11(3)4)19(17,18)13-8-12(15-10-13)9-14-6-2/h5,8,10-11,14-15H,1,6-7,9H2,2-4H3. The Morgan fingerprint density at radius 3 is 2.74 bits per heavy atom. The smallest absolute Gasteiger partial charge is 0.245 e. The highest BCUT2D eigenvalue weighted by Crippen LogP contribution is 2.19. The predicted octanol–water partition coefficient (Wildman–Crippen LogP) is 1.71. The number of nitrogens with zero attached hydrogens (tertiary/aromatic N) is 1. The molecule has 0 aliphatic carbocycles. The lowest BCUT2D eigenvalue weighted by Gasteiger charge is -2.23. The van der Waals surface area contributed by atoms with Crippen molar-refractivity contribution < 1.29 is 8.42 Å². The van der Waals surface area contributed by atoms with Crippen LogP contribution in [0.5, 0.6) is 0 Å². The summed E-state index contributed by atoms with van der Waals surface area (Å²) in [5, 5.41) is 3.15. The molecule has 0 unspecified atom stereocenters. The minimum Gasteiger partial charge on any atom is -0.363 e. The third kappa shape index (κ3) is 3.92. The molecule has 1 aromatic rings. The number of rotatable bonds is 8. The van der Waals surface area contributed by atoms with Crippen LogP contribution in [0.25, 0.3) is 0 Å². The van der Waals surface area contributed by atoms with E-state index >= 15 is 0 Å². The minimum atomic E-state index is -3.46. The number of aromatic amines is 1. The van der Waals surface area contributed by atoms with E-state index in [2.05, 4.69) is 16.9 Å². The van der Waals surface area contributed by atoms with Gasteiger partial charge in [-0.05, 0) is 26.5 Å². The van der Waals surface area contributed by atoms with E-state index < -0.39 is 10.0 Å². The van der Waals surface area contributed by atoms with Crippen molar-refractivity contribution in [3.63, 3.8) is 0 Å². The summed E-state index contributed by atoms with van der Waals surface area (Å²) in [6.07, 6.45) is 3.14. The molecule has 0 atom stereocenters. The lowest BCUT2D eigenvalue weighted by Crippen LogP contribution is -2.36. The third-order valence-electron chi connectivity index (χ3n) is 2.77. The summed E-state index contributed by atoms with van der Waals surface area (Å²) in [5.74, 6) is 0. The first-order valence-corrected chi connectivity index (χ1v) is 7.88. The Kier molecular flexibility index (Phi) is 5.78. The first-order chi connectivity index (χ1) is 8.93. The predicted molar refractivity (Wildman–Crippen MR) is 77.4 cm³/mol. The molecule has 1 aromatic heterocycles. The van der Waals surface area contributed by atoms with Crippen LogP contribution < -0.4 is 5.32 Å². The van der Waals surface area contributed by atoms with Crippen LogP contribution in [0.1, 0.15) is 26.5 Å². The normalized spacial score (nSPS) is 12.3. The fourth-order valence-electron chi connectivity index (χ4n) is 1.78. The van der Waals surface area contributed by atoms with Crippen molar-refractivity contribution in [3.05, 3.63) is 30.6 Å². The van der Waals surface area contributed by atoms with Crippen molar-refractivity contribution in [2.45, 2.75) is 38.3 Å². The second-order valence-electron chi connectivity index (χ2n) is 4.60. The SMILES string of the molecule is C=CCN(C(C)C)S(=O)(=O)c1c[nH]c(CNCC)c1.